The molecule has 1 atom stereocenters. The van der Waals surface area contributed by atoms with Crippen molar-refractivity contribution in [1.29, 1.82) is 0 Å². The lowest BCUT2D eigenvalue weighted by Gasteiger charge is -2.17. The highest BCUT2D eigenvalue weighted by atomic mass is 14.1. The molecular formula is C27H55. The molecule has 0 aliphatic heterocycles. The molecule has 0 spiro atoms. The fraction of sp³-hybridized carbons (Fsp3) is 0.963. The first-order valence-electron chi connectivity index (χ1n) is 13.1. The van der Waals surface area contributed by atoms with E-state index in [0.717, 1.165) is 12.3 Å². The van der Waals surface area contributed by atoms with Crippen LogP contribution in [0.1, 0.15) is 162 Å². The lowest BCUT2D eigenvalue weighted by atomic mass is 9.89. The van der Waals surface area contributed by atoms with Gasteiger partial charge in [0.1, 0.15) is 0 Å². The largest absolute Gasteiger partial charge is 0.0654 e. The third-order valence-corrected chi connectivity index (χ3v) is 6.29. The summed E-state index contributed by atoms with van der Waals surface area (Å²) in [5.74, 6) is 1.01. The van der Waals surface area contributed by atoms with Crippen LogP contribution in [0, 0.1) is 12.8 Å². The molecule has 0 fully saturated rings. The van der Waals surface area contributed by atoms with Crippen molar-refractivity contribution in [2.24, 2.45) is 5.92 Å². The van der Waals surface area contributed by atoms with Crippen molar-refractivity contribution >= 4 is 0 Å². The van der Waals surface area contributed by atoms with E-state index in [9.17, 15) is 0 Å². The summed E-state index contributed by atoms with van der Waals surface area (Å²) in [6.45, 7) is 8.64. The Labute approximate surface area is 174 Å². The van der Waals surface area contributed by atoms with Gasteiger partial charge < -0.3 is 0 Å². The molecule has 1 radical (unpaired) electrons. The third kappa shape index (κ3) is 22.2. The number of rotatable bonds is 23. The molecule has 0 heteroatoms. The van der Waals surface area contributed by atoms with Crippen LogP contribution in [0.2, 0.25) is 0 Å². The van der Waals surface area contributed by atoms with Gasteiger partial charge in [-0.2, -0.15) is 0 Å². The molecule has 0 bridgehead atoms. The van der Waals surface area contributed by atoms with E-state index in [0.29, 0.717) is 0 Å². The Hall–Kier alpha value is 0. The third-order valence-electron chi connectivity index (χ3n) is 6.29. The van der Waals surface area contributed by atoms with Crippen LogP contribution in [0.25, 0.3) is 0 Å². The number of hydrogen-bond acceptors (Lipinski definition) is 0. The van der Waals surface area contributed by atoms with Crippen LogP contribution in [-0.4, -0.2) is 0 Å². The average Bonchev–Trinajstić information content (AvgIpc) is 2.68. The van der Waals surface area contributed by atoms with Gasteiger partial charge in [-0.1, -0.05) is 168 Å². The van der Waals surface area contributed by atoms with Crippen molar-refractivity contribution in [3.05, 3.63) is 6.92 Å². The Morgan fingerprint density at radius 2 is 0.704 bits per heavy atom. The second-order valence-electron chi connectivity index (χ2n) is 9.10. The van der Waals surface area contributed by atoms with E-state index < -0.39 is 0 Å². The molecule has 0 saturated carbocycles. The van der Waals surface area contributed by atoms with Crippen molar-refractivity contribution in [2.45, 2.75) is 162 Å². The van der Waals surface area contributed by atoms with E-state index in [1.165, 1.54) is 141 Å². The van der Waals surface area contributed by atoms with Gasteiger partial charge in [0.05, 0.1) is 0 Å². The molecule has 0 rings (SSSR count). The molecule has 0 saturated heterocycles. The highest BCUT2D eigenvalue weighted by Crippen LogP contribution is 2.24. The molecule has 0 N–H and O–H groups in total. The molecule has 0 amide bonds. The van der Waals surface area contributed by atoms with Crippen LogP contribution >= 0.6 is 0 Å². The zero-order valence-electron chi connectivity index (χ0n) is 19.5. The summed E-state index contributed by atoms with van der Waals surface area (Å²) < 4.78 is 0. The fourth-order valence-electron chi connectivity index (χ4n) is 4.35. The van der Waals surface area contributed by atoms with E-state index >= 15 is 0 Å². The Bertz CT molecular complexity index is 244. The Balaban J connectivity index is 3.63. The van der Waals surface area contributed by atoms with Gasteiger partial charge >= 0.3 is 0 Å². The monoisotopic (exact) mass is 379 g/mol. The first-order chi connectivity index (χ1) is 13.3. The lowest BCUT2D eigenvalue weighted by Crippen LogP contribution is -2.01. The molecule has 0 aliphatic rings. The van der Waals surface area contributed by atoms with Gasteiger partial charge in [0, 0.05) is 0 Å². The van der Waals surface area contributed by atoms with E-state index in [4.69, 9.17) is 0 Å². The standard InChI is InChI=1S/C27H55/c1-4-7-10-12-14-16-18-20-23-26-27(24-21-9-6-3)25-22-19-17-15-13-11-8-5-2/h27H,3-26H2,1-2H3. The SMILES string of the molecule is [CH2]CCCCC(CCCCCCCCCC)CCCCCCCCCCC. The molecule has 0 aromatic rings. The summed E-state index contributed by atoms with van der Waals surface area (Å²) in [5.41, 5.74) is 0. The van der Waals surface area contributed by atoms with Gasteiger partial charge in [-0.05, 0) is 5.92 Å². The zero-order valence-corrected chi connectivity index (χ0v) is 19.5. The van der Waals surface area contributed by atoms with Gasteiger partial charge in [-0.3, -0.25) is 0 Å². The predicted molar refractivity (Wildman–Crippen MR) is 126 cm³/mol. The van der Waals surface area contributed by atoms with Gasteiger partial charge in [-0.25, -0.2) is 0 Å². The molecule has 0 heterocycles. The van der Waals surface area contributed by atoms with Crippen LogP contribution in [-0.2, 0) is 0 Å². The predicted octanol–water partition coefficient (Wildman–Crippen LogP) is 10.4. The van der Waals surface area contributed by atoms with Crippen molar-refractivity contribution in [1.82, 2.24) is 0 Å². The normalized spacial score (nSPS) is 12.6. The van der Waals surface area contributed by atoms with Crippen molar-refractivity contribution in [3.8, 4) is 0 Å². The van der Waals surface area contributed by atoms with Crippen molar-refractivity contribution < 1.29 is 0 Å². The minimum Gasteiger partial charge on any atom is -0.0654 e. The summed E-state index contributed by atoms with van der Waals surface area (Å²) in [7, 11) is 0. The highest BCUT2D eigenvalue weighted by Gasteiger charge is 2.08. The van der Waals surface area contributed by atoms with Crippen LogP contribution in [0.3, 0.4) is 0 Å². The first kappa shape index (κ1) is 27.0. The van der Waals surface area contributed by atoms with Gasteiger partial charge in [-0.15, -0.1) is 0 Å². The van der Waals surface area contributed by atoms with Crippen LogP contribution in [0.15, 0.2) is 0 Å². The summed E-state index contributed by atoms with van der Waals surface area (Å²) in [4.78, 5) is 0. The Morgan fingerprint density at radius 3 is 1.04 bits per heavy atom. The molecule has 0 aliphatic carbocycles. The second kappa shape index (κ2) is 24.0. The van der Waals surface area contributed by atoms with Gasteiger partial charge in [0.25, 0.3) is 0 Å². The molecule has 0 aromatic carbocycles. The summed E-state index contributed by atoms with van der Waals surface area (Å²) in [6, 6.07) is 0. The zero-order chi connectivity index (χ0) is 19.8. The maximum absolute atomic E-state index is 4.02. The minimum atomic E-state index is 1.01. The second-order valence-corrected chi connectivity index (χ2v) is 9.10. The van der Waals surface area contributed by atoms with Gasteiger partial charge in [0.2, 0.25) is 0 Å². The quantitative estimate of drug-likeness (QED) is 0.155. The van der Waals surface area contributed by atoms with E-state index in [-0.39, 0.29) is 0 Å². The van der Waals surface area contributed by atoms with E-state index in [1.54, 1.807) is 0 Å². The molecule has 0 nitrogen and oxygen atoms in total. The van der Waals surface area contributed by atoms with Crippen LogP contribution in [0.5, 0.6) is 0 Å². The maximum atomic E-state index is 4.02. The topological polar surface area (TPSA) is 0 Å². The summed E-state index contributed by atoms with van der Waals surface area (Å²) in [6.07, 6.45) is 33.2. The molecule has 0 aromatic heterocycles. The minimum absolute atomic E-state index is 1.01. The van der Waals surface area contributed by atoms with E-state index in [1.807, 2.05) is 0 Å². The van der Waals surface area contributed by atoms with Crippen LogP contribution in [0.4, 0.5) is 0 Å². The summed E-state index contributed by atoms with van der Waals surface area (Å²) >= 11 is 0. The highest BCUT2D eigenvalue weighted by molar-refractivity contribution is 4.62. The fourth-order valence-corrected chi connectivity index (χ4v) is 4.35. The molecular weight excluding hydrogens is 324 g/mol. The molecule has 27 heavy (non-hydrogen) atoms. The van der Waals surface area contributed by atoms with Crippen molar-refractivity contribution in [2.75, 3.05) is 0 Å². The van der Waals surface area contributed by atoms with Crippen LogP contribution < -0.4 is 0 Å². The number of hydrogen-bond donors (Lipinski definition) is 0. The lowest BCUT2D eigenvalue weighted by molar-refractivity contribution is 0.368. The smallest absolute Gasteiger partial charge is 0.0414 e. The maximum Gasteiger partial charge on any atom is -0.0414 e. The Morgan fingerprint density at radius 1 is 0.407 bits per heavy atom. The summed E-state index contributed by atoms with van der Waals surface area (Å²) in [5, 5.41) is 0. The number of unbranched alkanes of at least 4 members (excludes halogenated alkanes) is 17. The van der Waals surface area contributed by atoms with Crippen molar-refractivity contribution in [3.63, 3.8) is 0 Å². The first-order valence-corrected chi connectivity index (χ1v) is 13.1. The average molecular weight is 380 g/mol. The van der Waals surface area contributed by atoms with E-state index in [2.05, 4.69) is 20.8 Å². The van der Waals surface area contributed by atoms with Gasteiger partial charge in [0.15, 0.2) is 0 Å². The molecule has 163 valence electrons. The molecule has 1 unspecified atom stereocenters. The Kier molecular flexibility index (Phi) is 24.0.